The summed E-state index contributed by atoms with van der Waals surface area (Å²) in [6.07, 6.45) is 1.92. The summed E-state index contributed by atoms with van der Waals surface area (Å²) in [4.78, 5) is 13.9. The van der Waals surface area contributed by atoms with Gasteiger partial charge in [0.05, 0.1) is 25.3 Å². The second-order valence-corrected chi connectivity index (χ2v) is 6.85. The third kappa shape index (κ3) is 4.83. The van der Waals surface area contributed by atoms with E-state index in [-0.39, 0.29) is 18.2 Å². The number of ether oxygens (including phenoxy) is 3. The van der Waals surface area contributed by atoms with E-state index in [1.54, 1.807) is 12.0 Å². The van der Waals surface area contributed by atoms with Gasteiger partial charge in [-0.1, -0.05) is 0 Å². The number of rotatable bonds is 3. The highest BCUT2D eigenvalue weighted by Gasteiger charge is 2.38. The van der Waals surface area contributed by atoms with Crippen LogP contribution >= 0.6 is 0 Å². The molecule has 1 amide bonds. The van der Waals surface area contributed by atoms with Crippen LogP contribution in [0.2, 0.25) is 0 Å². The summed E-state index contributed by atoms with van der Waals surface area (Å²) in [6.45, 7) is 8.40. The molecule has 2 heterocycles. The van der Waals surface area contributed by atoms with Crippen LogP contribution in [-0.4, -0.2) is 68.2 Å². The summed E-state index contributed by atoms with van der Waals surface area (Å²) >= 11 is 0. The monoisotopic (exact) mass is 300 g/mol. The minimum absolute atomic E-state index is 0.000514. The Bertz CT molecular complexity index is 350. The SMILES string of the molecule is CO[C@H]1CN(C(=O)OC(C)(C)C)CC1NC1CCCOC1. The van der Waals surface area contributed by atoms with Gasteiger partial charge >= 0.3 is 6.09 Å². The summed E-state index contributed by atoms with van der Waals surface area (Å²) in [6, 6.07) is 0.481. The number of amides is 1. The van der Waals surface area contributed by atoms with E-state index < -0.39 is 5.60 Å². The number of likely N-dealkylation sites (tertiary alicyclic amines) is 1. The Hall–Kier alpha value is -0.850. The molecule has 2 aliphatic heterocycles. The van der Waals surface area contributed by atoms with Crippen molar-refractivity contribution in [1.29, 1.82) is 0 Å². The van der Waals surface area contributed by atoms with E-state index in [0.29, 0.717) is 19.1 Å². The topological polar surface area (TPSA) is 60.0 Å². The second kappa shape index (κ2) is 6.94. The van der Waals surface area contributed by atoms with Gasteiger partial charge in [0.15, 0.2) is 0 Å². The standard InChI is InChI=1S/C15H28N2O4/c1-15(2,3)21-14(18)17-8-12(13(9-17)19-4)16-11-6-5-7-20-10-11/h11-13,16H,5-10H2,1-4H3/t11?,12?,13-/m0/s1. The highest BCUT2D eigenvalue weighted by molar-refractivity contribution is 5.68. The van der Waals surface area contributed by atoms with Crippen molar-refractivity contribution in [3.63, 3.8) is 0 Å². The van der Waals surface area contributed by atoms with E-state index in [9.17, 15) is 4.79 Å². The molecule has 2 fully saturated rings. The van der Waals surface area contributed by atoms with Gasteiger partial charge in [0.2, 0.25) is 0 Å². The molecule has 0 aromatic carbocycles. The van der Waals surface area contributed by atoms with Crippen molar-refractivity contribution in [2.75, 3.05) is 33.4 Å². The molecule has 0 saturated carbocycles. The van der Waals surface area contributed by atoms with Crippen molar-refractivity contribution in [3.8, 4) is 0 Å². The first-order valence-electron chi connectivity index (χ1n) is 7.73. The predicted molar refractivity (Wildman–Crippen MR) is 79.4 cm³/mol. The molecular formula is C15H28N2O4. The van der Waals surface area contributed by atoms with Crippen LogP contribution in [0.15, 0.2) is 0 Å². The maximum absolute atomic E-state index is 12.2. The maximum atomic E-state index is 12.2. The van der Waals surface area contributed by atoms with E-state index in [4.69, 9.17) is 14.2 Å². The number of methoxy groups -OCH3 is 1. The first-order valence-corrected chi connectivity index (χ1v) is 7.73. The largest absolute Gasteiger partial charge is 0.444 e. The number of hydrogen-bond acceptors (Lipinski definition) is 5. The zero-order valence-electron chi connectivity index (χ0n) is 13.6. The van der Waals surface area contributed by atoms with Crippen molar-refractivity contribution in [2.45, 2.75) is 57.4 Å². The Morgan fingerprint density at radius 1 is 1.33 bits per heavy atom. The van der Waals surface area contributed by atoms with Gasteiger partial charge in [-0.25, -0.2) is 4.79 Å². The lowest BCUT2D eigenvalue weighted by Crippen LogP contribution is -2.49. The molecule has 0 aromatic rings. The van der Waals surface area contributed by atoms with E-state index in [0.717, 1.165) is 26.1 Å². The van der Waals surface area contributed by atoms with E-state index in [1.165, 1.54) is 0 Å². The fourth-order valence-corrected chi connectivity index (χ4v) is 2.82. The predicted octanol–water partition coefficient (Wildman–Crippen LogP) is 1.39. The van der Waals surface area contributed by atoms with Crippen molar-refractivity contribution in [2.24, 2.45) is 0 Å². The second-order valence-electron chi connectivity index (χ2n) is 6.85. The molecule has 0 bridgehead atoms. The van der Waals surface area contributed by atoms with Gasteiger partial charge in [-0.15, -0.1) is 0 Å². The molecule has 2 saturated heterocycles. The number of carbonyl (C=O) groups is 1. The average Bonchev–Trinajstić information content (AvgIpc) is 2.81. The van der Waals surface area contributed by atoms with Crippen molar-refractivity contribution >= 4 is 6.09 Å². The van der Waals surface area contributed by atoms with Crippen LogP contribution in [0.1, 0.15) is 33.6 Å². The fourth-order valence-electron chi connectivity index (χ4n) is 2.82. The summed E-state index contributed by atoms with van der Waals surface area (Å²) in [5.74, 6) is 0. The molecule has 21 heavy (non-hydrogen) atoms. The Kier molecular flexibility index (Phi) is 5.46. The van der Waals surface area contributed by atoms with E-state index in [1.807, 2.05) is 20.8 Å². The van der Waals surface area contributed by atoms with Crippen LogP contribution in [-0.2, 0) is 14.2 Å². The minimum Gasteiger partial charge on any atom is -0.444 e. The Morgan fingerprint density at radius 2 is 2.10 bits per heavy atom. The molecule has 2 unspecified atom stereocenters. The van der Waals surface area contributed by atoms with Crippen LogP contribution < -0.4 is 5.32 Å². The van der Waals surface area contributed by atoms with Crippen LogP contribution in [0.3, 0.4) is 0 Å². The lowest BCUT2D eigenvalue weighted by molar-refractivity contribution is 0.0251. The lowest BCUT2D eigenvalue weighted by Gasteiger charge is -2.28. The van der Waals surface area contributed by atoms with Crippen LogP contribution in [0, 0.1) is 0 Å². The van der Waals surface area contributed by atoms with Crippen LogP contribution in [0.4, 0.5) is 4.79 Å². The molecule has 3 atom stereocenters. The number of nitrogens with one attached hydrogen (secondary N) is 1. The van der Waals surface area contributed by atoms with Gasteiger partial charge in [0.1, 0.15) is 5.60 Å². The third-order valence-corrected chi connectivity index (χ3v) is 3.83. The van der Waals surface area contributed by atoms with Gasteiger partial charge < -0.3 is 24.4 Å². The highest BCUT2D eigenvalue weighted by Crippen LogP contribution is 2.19. The Balaban J connectivity index is 1.88. The zero-order chi connectivity index (χ0) is 15.5. The van der Waals surface area contributed by atoms with Crippen LogP contribution in [0.25, 0.3) is 0 Å². The van der Waals surface area contributed by atoms with Gasteiger partial charge in [0.25, 0.3) is 0 Å². The summed E-state index contributed by atoms with van der Waals surface area (Å²) < 4.78 is 16.4. The molecule has 2 aliphatic rings. The summed E-state index contributed by atoms with van der Waals surface area (Å²) in [7, 11) is 1.69. The zero-order valence-corrected chi connectivity index (χ0v) is 13.6. The fraction of sp³-hybridized carbons (Fsp3) is 0.933. The average molecular weight is 300 g/mol. The van der Waals surface area contributed by atoms with E-state index in [2.05, 4.69) is 5.32 Å². The molecule has 0 radical (unpaired) electrons. The molecule has 6 heteroatoms. The first kappa shape index (κ1) is 16.5. The number of hydrogen-bond donors (Lipinski definition) is 1. The van der Waals surface area contributed by atoms with Crippen molar-refractivity contribution in [3.05, 3.63) is 0 Å². The number of nitrogens with zero attached hydrogens (tertiary/aromatic N) is 1. The lowest BCUT2D eigenvalue weighted by atomic mass is 10.1. The molecule has 6 nitrogen and oxygen atoms in total. The molecule has 0 spiro atoms. The molecule has 1 N–H and O–H groups in total. The Morgan fingerprint density at radius 3 is 2.67 bits per heavy atom. The summed E-state index contributed by atoms with van der Waals surface area (Å²) in [5, 5.41) is 3.57. The van der Waals surface area contributed by atoms with Crippen molar-refractivity contribution < 1.29 is 19.0 Å². The molecule has 0 aromatic heterocycles. The van der Waals surface area contributed by atoms with Gasteiger partial charge in [-0.3, -0.25) is 0 Å². The molecular weight excluding hydrogens is 272 g/mol. The molecule has 2 rings (SSSR count). The summed E-state index contributed by atoms with van der Waals surface area (Å²) in [5.41, 5.74) is -0.470. The molecule has 122 valence electrons. The molecule has 0 aliphatic carbocycles. The maximum Gasteiger partial charge on any atom is 0.410 e. The highest BCUT2D eigenvalue weighted by atomic mass is 16.6. The van der Waals surface area contributed by atoms with Gasteiger partial charge in [0, 0.05) is 26.3 Å². The van der Waals surface area contributed by atoms with Gasteiger partial charge in [-0.2, -0.15) is 0 Å². The van der Waals surface area contributed by atoms with Crippen LogP contribution in [0.5, 0.6) is 0 Å². The smallest absolute Gasteiger partial charge is 0.410 e. The first-order chi connectivity index (χ1) is 9.89. The number of carbonyl (C=O) groups excluding carboxylic acids is 1. The minimum atomic E-state index is -0.470. The van der Waals surface area contributed by atoms with Crippen molar-refractivity contribution in [1.82, 2.24) is 10.2 Å². The third-order valence-electron chi connectivity index (χ3n) is 3.83. The quantitative estimate of drug-likeness (QED) is 0.853. The normalized spacial score (nSPS) is 30.5. The Labute approximate surface area is 127 Å². The van der Waals surface area contributed by atoms with Gasteiger partial charge in [-0.05, 0) is 33.6 Å². The van der Waals surface area contributed by atoms with E-state index >= 15 is 0 Å².